The average molecular weight is 428 g/mol. The smallest absolute Gasteiger partial charge is 0.184 e. The number of Topliss-reactive ketones (excluding diaryl/α,β-unsaturated/α-hetero) is 1. The van der Waals surface area contributed by atoms with Gasteiger partial charge in [0.15, 0.2) is 10.9 Å². The van der Waals surface area contributed by atoms with Gasteiger partial charge in [-0.15, -0.1) is 17.0 Å². The standard InChI is InChI=1S/C17H15ClN2O2S.BrH/c1-2-22-14-8-5-9-15-16(14)20-17(23-15)19-10-13(21)11-6-3-4-7-12(11)18;/h3-9H,2,10H2,1H3,(H,19,20);1H. The lowest BCUT2D eigenvalue weighted by molar-refractivity contribution is 0.101. The summed E-state index contributed by atoms with van der Waals surface area (Å²) in [6.45, 7) is 2.67. The second kappa shape index (κ2) is 8.46. The van der Waals surface area contributed by atoms with E-state index in [2.05, 4.69) is 10.3 Å². The Morgan fingerprint density at radius 2 is 2.04 bits per heavy atom. The van der Waals surface area contributed by atoms with E-state index in [1.54, 1.807) is 24.3 Å². The second-order valence-corrected chi connectivity index (χ2v) is 6.25. The van der Waals surface area contributed by atoms with Gasteiger partial charge >= 0.3 is 0 Å². The Hall–Kier alpha value is -1.63. The lowest BCUT2D eigenvalue weighted by Crippen LogP contribution is -2.14. The van der Waals surface area contributed by atoms with Gasteiger partial charge in [-0.25, -0.2) is 4.98 Å². The summed E-state index contributed by atoms with van der Waals surface area (Å²) < 4.78 is 6.59. The highest BCUT2D eigenvalue weighted by molar-refractivity contribution is 8.93. The first-order valence-corrected chi connectivity index (χ1v) is 8.42. The Balaban J connectivity index is 0.00000208. The molecule has 0 aliphatic rings. The molecule has 1 N–H and O–H groups in total. The maximum absolute atomic E-state index is 12.2. The monoisotopic (exact) mass is 426 g/mol. The number of ketones is 1. The minimum absolute atomic E-state index is 0. The fourth-order valence-electron chi connectivity index (χ4n) is 2.21. The first-order valence-electron chi connectivity index (χ1n) is 7.23. The third kappa shape index (κ3) is 4.06. The number of halogens is 2. The van der Waals surface area contributed by atoms with Crippen molar-refractivity contribution >= 4 is 61.1 Å². The summed E-state index contributed by atoms with van der Waals surface area (Å²) in [7, 11) is 0. The van der Waals surface area contributed by atoms with Crippen molar-refractivity contribution in [3.63, 3.8) is 0 Å². The van der Waals surface area contributed by atoms with Crippen LogP contribution in [-0.2, 0) is 0 Å². The zero-order valence-corrected chi connectivity index (χ0v) is 16.2. The highest BCUT2D eigenvalue weighted by Crippen LogP contribution is 2.32. The molecular weight excluding hydrogens is 412 g/mol. The maximum atomic E-state index is 12.2. The van der Waals surface area contributed by atoms with Gasteiger partial charge < -0.3 is 10.1 Å². The van der Waals surface area contributed by atoms with E-state index in [4.69, 9.17) is 16.3 Å². The molecular formula is C17H16BrClN2O2S. The Morgan fingerprint density at radius 3 is 2.79 bits per heavy atom. The van der Waals surface area contributed by atoms with Crippen LogP contribution < -0.4 is 10.1 Å². The molecule has 3 rings (SSSR count). The molecule has 0 fully saturated rings. The number of para-hydroxylation sites is 1. The highest BCUT2D eigenvalue weighted by Gasteiger charge is 2.12. The first-order chi connectivity index (χ1) is 11.2. The van der Waals surface area contributed by atoms with Crippen LogP contribution in [0.1, 0.15) is 17.3 Å². The molecule has 0 amide bonds. The molecule has 0 radical (unpaired) electrons. The number of ether oxygens (including phenoxy) is 1. The number of nitrogens with one attached hydrogen (secondary N) is 1. The molecule has 0 atom stereocenters. The van der Waals surface area contributed by atoms with Crippen LogP contribution in [0.25, 0.3) is 10.2 Å². The van der Waals surface area contributed by atoms with Crippen molar-refractivity contribution in [1.82, 2.24) is 4.98 Å². The summed E-state index contributed by atoms with van der Waals surface area (Å²) in [6.07, 6.45) is 0. The maximum Gasteiger partial charge on any atom is 0.184 e. The van der Waals surface area contributed by atoms with Crippen molar-refractivity contribution in [2.24, 2.45) is 0 Å². The van der Waals surface area contributed by atoms with E-state index in [0.717, 1.165) is 16.0 Å². The molecule has 0 unspecified atom stereocenters. The average Bonchev–Trinajstić information content (AvgIpc) is 2.97. The minimum Gasteiger partial charge on any atom is -0.492 e. The number of benzene rings is 2. The normalized spacial score (nSPS) is 10.2. The molecule has 126 valence electrons. The van der Waals surface area contributed by atoms with E-state index in [1.807, 2.05) is 25.1 Å². The molecule has 1 heterocycles. The summed E-state index contributed by atoms with van der Waals surface area (Å²) in [5.74, 6) is 0.687. The summed E-state index contributed by atoms with van der Waals surface area (Å²) in [5, 5.41) is 4.22. The third-order valence-corrected chi connectivity index (χ3v) is 4.56. The van der Waals surface area contributed by atoms with E-state index in [1.165, 1.54) is 11.3 Å². The van der Waals surface area contributed by atoms with E-state index >= 15 is 0 Å². The van der Waals surface area contributed by atoms with Gasteiger partial charge in [0.2, 0.25) is 0 Å². The lowest BCUT2D eigenvalue weighted by atomic mass is 10.1. The number of nitrogens with zero attached hydrogens (tertiary/aromatic N) is 1. The van der Waals surface area contributed by atoms with Crippen LogP contribution in [0.4, 0.5) is 5.13 Å². The van der Waals surface area contributed by atoms with E-state index < -0.39 is 0 Å². The molecule has 0 aliphatic carbocycles. The van der Waals surface area contributed by atoms with Crippen LogP contribution in [-0.4, -0.2) is 23.9 Å². The van der Waals surface area contributed by atoms with Crippen molar-refractivity contribution in [2.45, 2.75) is 6.92 Å². The number of rotatable bonds is 6. The summed E-state index contributed by atoms with van der Waals surface area (Å²) >= 11 is 7.53. The van der Waals surface area contributed by atoms with Crippen molar-refractivity contribution in [3.05, 3.63) is 53.1 Å². The van der Waals surface area contributed by atoms with Crippen molar-refractivity contribution in [2.75, 3.05) is 18.5 Å². The molecule has 0 saturated carbocycles. The van der Waals surface area contributed by atoms with Gasteiger partial charge in [-0.1, -0.05) is 41.1 Å². The van der Waals surface area contributed by atoms with Gasteiger partial charge in [-0.05, 0) is 31.2 Å². The van der Waals surface area contributed by atoms with Crippen LogP contribution in [0.15, 0.2) is 42.5 Å². The van der Waals surface area contributed by atoms with Crippen LogP contribution in [0.3, 0.4) is 0 Å². The molecule has 4 nitrogen and oxygen atoms in total. The fraction of sp³-hybridized carbons (Fsp3) is 0.176. The molecule has 24 heavy (non-hydrogen) atoms. The zero-order chi connectivity index (χ0) is 16.2. The number of hydrogen-bond acceptors (Lipinski definition) is 5. The van der Waals surface area contributed by atoms with Crippen LogP contribution in [0, 0.1) is 0 Å². The van der Waals surface area contributed by atoms with Gasteiger partial charge in [-0.3, -0.25) is 4.79 Å². The fourth-order valence-corrected chi connectivity index (χ4v) is 3.33. The number of fused-ring (bicyclic) bond motifs is 1. The van der Waals surface area contributed by atoms with Gasteiger partial charge in [0.1, 0.15) is 11.3 Å². The zero-order valence-electron chi connectivity index (χ0n) is 12.9. The van der Waals surface area contributed by atoms with Crippen molar-refractivity contribution in [1.29, 1.82) is 0 Å². The summed E-state index contributed by atoms with van der Waals surface area (Å²) in [6, 6.07) is 12.8. The molecule has 0 saturated heterocycles. The van der Waals surface area contributed by atoms with E-state index in [0.29, 0.717) is 22.3 Å². The first kappa shape index (κ1) is 18.7. The van der Waals surface area contributed by atoms with Gasteiger partial charge in [0, 0.05) is 5.56 Å². The number of anilines is 1. The SMILES string of the molecule is Br.CCOc1cccc2sc(NCC(=O)c3ccccc3Cl)nc12. The van der Waals surface area contributed by atoms with Gasteiger partial charge in [0.05, 0.1) is 22.9 Å². The second-order valence-electron chi connectivity index (χ2n) is 4.81. The largest absolute Gasteiger partial charge is 0.492 e. The number of carbonyl (C=O) groups excluding carboxylic acids is 1. The Kier molecular flexibility index (Phi) is 6.60. The molecule has 1 aromatic heterocycles. The predicted molar refractivity (Wildman–Crippen MR) is 105 cm³/mol. The van der Waals surface area contributed by atoms with Crippen LogP contribution in [0.5, 0.6) is 5.75 Å². The lowest BCUT2D eigenvalue weighted by Gasteiger charge is -2.04. The van der Waals surface area contributed by atoms with Crippen molar-refractivity contribution < 1.29 is 9.53 Å². The Bertz CT molecular complexity index is 853. The highest BCUT2D eigenvalue weighted by atomic mass is 79.9. The summed E-state index contributed by atoms with van der Waals surface area (Å²) in [5.41, 5.74) is 1.32. The predicted octanol–water partition coefficient (Wildman–Crippen LogP) is 5.22. The number of aromatic nitrogens is 1. The number of thiazole rings is 1. The molecule has 0 spiro atoms. The van der Waals surface area contributed by atoms with Crippen molar-refractivity contribution in [3.8, 4) is 5.75 Å². The Labute approximate surface area is 159 Å². The molecule has 0 aliphatic heterocycles. The third-order valence-electron chi connectivity index (χ3n) is 3.26. The molecule has 2 aromatic carbocycles. The quantitative estimate of drug-likeness (QED) is 0.548. The number of hydrogen-bond donors (Lipinski definition) is 1. The molecule has 3 aromatic rings. The van der Waals surface area contributed by atoms with Gasteiger partial charge in [-0.2, -0.15) is 0 Å². The van der Waals surface area contributed by atoms with E-state index in [9.17, 15) is 4.79 Å². The minimum atomic E-state index is -0.0695. The van der Waals surface area contributed by atoms with E-state index in [-0.39, 0.29) is 29.3 Å². The number of carbonyl (C=O) groups is 1. The Morgan fingerprint density at radius 1 is 1.25 bits per heavy atom. The molecule has 0 bridgehead atoms. The topological polar surface area (TPSA) is 51.2 Å². The summed E-state index contributed by atoms with van der Waals surface area (Å²) in [4.78, 5) is 16.7. The van der Waals surface area contributed by atoms with Gasteiger partial charge in [0.25, 0.3) is 0 Å². The van der Waals surface area contributed by atoms with Crippen LogP contribution in [0.2, 0.25) is 5.02 Å². The molecule has 7 heteroatoms. The van der Waals surface area contributed by atoms with Crippen LogP contribution >= 0.6 is 39.9 Å².